The van der Waals surface area contributed by atoms with Crippen LogP contribution in [0, 0.1) is 5.92 Å². The third-order valence-corrected chi connectivity index (χ3v) is 2.46. The molecule has 0 saturated heterocycles. The lowest BCUT2D eigenvalue weighted by atomic mass is 10.2. The standard InChI is InChI=1S/C12H15NO3/c1-15-13-7-10-4-5-12(11(14)6-10)16-8-9-2-3-9/h4-7,9,14H,2-3,8H2,1H3. The van der Waals surface area contributed by atoms with Gasteiger partial charge in [0.2, 0.25) is 0 Å². The third kappa shape index (κ3) is 2.89. The predicted octanol–water partition coefficient (Wildman–Crippen LogP) is 2.16. The number of nitrogens with zero attached hydrogens (tertiary/aromatic N) is 1. The van der Waals surface area contributed by atoms with Crippen molar-refractivity contribution in [3.05, 3.63) is 23.8 Å². The first-order valence-corrected chi connectivity index (χ1v) is 5.32. The van der Waals surface area contributed by atoms with Crippen molar-refractivity contribution in [3.8, 4) is 11.5 Å². The van der Waals surface area contributed by atoms with Gasteiger partial charge in [0.25, 0.3) is 0 Å². The smallest absolute Gasteiger partial charge is 0.160 e. The summed E-state index contributed by atoms with van der Waals surface area (Å²) in [6.45, 7) is 0.694. The fourth-order valence-electron chi connectivity index (χ4n) is 1.34. The Bertz CT molecular complexity index is 386. The monoisotopic (exact) mass is 221 g/mol. The van der Waals surface area contributed by atoms with Gasteiger partial charge in [-0.2, -0.15) is 0 Å². The van der Waals surface area contributed by atoms with Gasteiger partial charge in [-0.15, -0.1) is 0 Å². The van der Waals surface area contributed by atoms with Crippen LogP contribution in [0.3, 0.4) is 0 Å². The first-order valence-electron chi connectivity index (χ1n) is 5.32. The van der Waals surface area contributed by atoms with E-state index in [2.05, 4.69) is 9.99 Å². The van der Waals surface area contributed by atoms with Crippen LogP contribution in [0.4, 0.5) is 0 Å². The topological polar surface area (TPSA) is 51.0 Å². The summed E-state index contributed by atoms with van der Waals surface area (Å²) in [5.41, 5.74) is 0.776. The molecular weight excluding hydrogens is 206 g/mol. The Morgan fingerprint density at radius 3 is 2.94 bits per heavy atom. The molecule has 0 aliphatic heterocycles. The number of ether oxygens (including phenoxy) is 1. The second-order valence-corrected chi connectivity index (χ2v) is 3.90. The van der Waals surface area contributed by atoms with E-state index < -0.39 is 0 Å². The van der Waals surface area contributed by atoms with Crippen molar-refractivity contribution in [2.45, 2.75) is 12.8 Å². The molecule has 1 saturated carbocycles. The lowest BCUT2D eigenvalue weighted by molar-refractivity contribution is 0.215. The van der Waals surface area contributed by atoms with Gasteiger partial charge in [-0.1, -0.05) is 5.16 Å². The molecule has 1 aliphatic carbocycles. The molecule has 0 heterocycles. The van der Waals surface area contributed by atoms with E-state index >= 15 is 0 Å². The third-order valence-electron chi connectivity index (χ3n) is 2.46. The highest BCUT2D eigenvalue weighted by atomic mass is 16.6. The molecule has 16 heavy (non-hydrogen) atoms. The number of oxime groups is 1. The van der Waals surface area contributed by atoms with Gasteiger partial charge in [0, 0.05) is 0 Å². The molecule has 1 N–H and O–H groups in total. The quantitative estimate of drug-likeness (QED) is 0.612. The molecule has 1 aromatic rings. The normalized spacial score (nSPS) is 15.3. The lowest BCUT2D eigenvalue weighted by Gasteiger charge is -2.07. The Balaban J connectivity index is 2.00. The minimum Gasteiger partial charge on any atom is -0.504 e. The maximum atomic E-state index is 9.70. The summed E-state index contributed by atoms with van der Waals surface area (Å²) in [6, 6.07) is 5.17. The summed E-state index contributed by atoms with van der Waals surface area (Å²) in [5, 5.41) is 13.3. The molecule has 0 spiro atoms. The van der Waals surface area contributed by atoms with Crippen LogP contribution < -0.4 is 4.74 Å². The largest absolute Gasteiger partial charge is 0.504 e. The molecule has 1 aliphatic rings. The molecule has 4 nitrogen and oxygen atoms in total. The number of benzene rings is 1. The molecule has 0 amide bonds. The highest BCUT2D eigenvalue weighted by Crippen LogP contribution is 2.32. The van der Waals surface area contributed by atoms with E-state index in [4.69, 9.17) is 4.74 Å². The molecular formula is C12H15NO3. The molecule has 86 valence electrons. The molecule has 4 heteroatoms. The van der Waals surface area contributed by atoms with E-state index in [1.54, 1.807) is 12.1 Å². The summed E-state index contributed by atoms with van der Waals surface area (Å²) in [6.07, 6.45) is 4.00. The first-order chi connectivity index (χ1) is 7.79. The van der Waals surface area contributed by atoms with E-state index in [-0.39, 0.29) is 5.75 Å². The average molecular weight is 221 g/mol. The van der Waals surface area contributed by atoms with Crippen LogP contribution >= 0.6 is 0 Å². The molecule has 0 atom stereocenters. The summed E-state index contributed by atoms with van der Waals surface area (Å²) < 4.78 is 5.49. The van der Waals surface area contributed by atoms with Crippen LogP contribution in [0.15, 0.2) is 23.4 Å². The maximum absolute atomic E-state index is 9.70. The van der Waals surface area contributed by atoms with Crippen molar-refractivity contribution >= 4 is 6.21 Å². The SMILES string of the molecule is CON=Cc1ccc(OCC2CC2)c(O)c1. The zero-order valence-electron chi connectivity index (χ0n) is 9.22. The number of aromatic hydroxyl groups is 1. The van der Waals surface area contributed by atoms with Crippen LogP contribution in [0.5, 0.6) is 11.5 Å². The second-order valence-electron chi connectivity index (χ2n) is 3.90. The number of phenols is 1. The predicted molar refractivity (Wildman–Crippen MR) is 60.9 cm³/mol. The summed E-state index contributed by atoms with van der Waals surface area (Å²) in [5.74, 6) is 1.34. The molecule has 0 unspecified atom stereocenters. The summed E-state index contributed by atoms with van der Waals surface area (Å²) >= 11 is 0. The Labute approximate surface area is 94.5 Å². The van der Waals surface area contributed by atoms with Crippen molar-refractivity contribution in [1.29, 1.82) is 0 Å². The van der Waals surface area contributed by atoms with Gasteiger partial charge >= 0.3 is 0 Å². The van der Waals surface area contributed by atoms with Crippen LogP contribution in [0.1, 0.15) is 18.4 Å². The Morgan fingerprint density at radius 2 is 2.31 bits per heavy atom. The van der Waals surface area contributed by atoms with E-state index in [0.29, 0.717) is 18.3 Å². The van der Waals surface area contributed by atoms with E-state index in [1.807, 2.05) is 6.07 Å². The lowest BCUT2D eigenvalue weighted by Crippen LogP contribution is -1.99. The van der Waals surface area contributed by atoms with E-state index in [1.165, 1.54) is 26.2 Å². The van der Waals surface area contributed by atoms with Gasteiger partial charge in [0.1, 0.15) is 7.11 Å². The Morgan fingerprint density at radius 1 is 1.50 bits per heavy atom. The van der Waals surface area contributed by atoms with Crippen molar-refractivity contribution in [1.82, 2.24) is 0 Å². The van der Waals surface area contributed by atoms with Gasteiger partial charge < -0.3 is 14.7 Å². The second kappa shape index (κ2) is 4.88. The fraction of sp³-hybridized carbons (Fsp3) is 0.417. The van der Waals surface area contributed by atoms with Gasteiger partial charge in [-0.05, 0) is 42.5 Å². The number of hydrogen-bond acceptors (Lipinski definition) is 4. The maximum Gasteiger partial charge on any atom is 0.160 e. The van der Waals surface area contributed by atoms with Crippen molar-refractivity contribution in [2.75, 3.05) is 13.7 Å². The number of hydrogen-bond donors (Lipinski definition) is 1. The zero-order chi connectivity index (χ0) is 11.4. The van der Waals surface area contributed by atoms with Gasteiger partial charge in [0.05, 0.1) is 12.8 Å². The van der Waals surface area contributed by atoms with Crippen LogP contribution in [0.2, 0.25) is 0 Å². The zero-order valence-corrected chi connectivity index (χ0v) is 9.22. The van der Waals surface area contributed by atoms with Crippen LogP contribution in [-0.4, -0.2) is 25.0 Å². The Kier molecular flexibility index (Phi) is 3.29. The number of rotatable bonds is 5. The Hall–Kier alpha value is -1.71. The van der Waals surface area contributed by atoms with Crippen molar-refractivity contribution in [2.24, 2.45) is 11.1 Å². The fourth-order valence-corrected chi connectivity index (χ4v) is 1.34. The first kappa shape index (κ1) is 10.8. The van der Waals surface area contributed by atoms with Gasteiger partial charge in [-0.25, -0.2) is 0 Å². The van der Waals surface area contributed by atoms with Crippen molar-refractivity contribution < 1.29 is 14.7 Å². The highest BCUT2D eigenvalue weighted by molar-refractivity contribution is 5.80. The van der Waals surface area contributed by atoms with E-state index in [0.717, 1.165) is 5.56 Å². The van der Waals surface area contributed by atoms with Gasteiger partial charge in [0.15, 0.2) is 11.5 Å². The number of phenolic OH excluding ortho intramolecular Hbond substituents is 1. The molecule has 0 radical (unpaired) electrons. The molecule has 2 rings (SSSR count). The van der Waals surface area contributed by atoms with Crippen LogP contribution in [-0.2, 0) is 4.84 Å². The van der Waals surface area contributed by atoms with Crippen molar-refractivity contribution in [3.63, 3.8) is 0 Å². The van der Waals surface area contributed by atoms with Gasteiger partial charge in [-0.3, -0.25) is 0 Å². The molecule has 0 bridgehead atoms. The van der Waals surface area contributed by atoms with E-state index in [9.17, 15) is 5.11 Å². The summed E-state index contributed by atoms with van der Waals surface area (Å²) in [4.78, 5) is 4.56. The molecule has 0 aromatic heterocycles. The van der Waals surface area contributed by atoms with Crippen LogP contribution in [0.25, 0.3) is 0 Å². The highest BCUT2D eigenvalue weighted by Gasteiger charge is 2.22. The summed E-state index contributed by atoms with van der Waals surface area (Å²) in [7, 11) is 1.48. The minimum absolute atomic E-state index is 0.140. The molecule has 1 fully saturated rings. The molecule has 1 aromatic carbocycles. The average Bonchev–Trinajstić information content (AvgIpc) is 3.09. The minimum atomic E-state index is 0.140.